The van der Waals surface area contributed by atoms with Gasteiger partial charge in [-0.2, -0.15) is 0 Å². The summed E-state index contributed by atoms with van der Waals surface area (Å²) in [6.45, 7) is 50.5. The van der Waals surface area contributed by atoms with E-state index in [9.17, 15) is 0 Å². The predicted octanol–water partition coefficient (Wildman–Crippen LogP) is 20.1. The topological polar surface area (TPSA) is 6.48 Å². The highest BCUT2D eigenvalue weighted by Crippen LogP contribution is 2.66. The van der Waals surface area contributed by atoms with Gasteiger partial charge in [-0.15, -0.1) is 0 Å². The molecule has 6 heteroatoms. The Labute approximate surface area is 402 Å². The average molecular weight is 943 g/mol. The second-order valence-corrected chi connectivity index (χ2v) is 32.4. The van der Waals surface area contributed by atoms with Gasteiger partial charge in [0.05, 0.1) is 10.8 Å². The molecule has 0 radical (unpaired) electrons. The Bertz CT molecular complexity index is 1960. The van der Waals surface area contributed by atoms with Crippen molar-refractivity contribution >= 4 is 53.1 Å². The first-order valence-electron chi connectivity index (χ1n) is 26.3. The van der Waals surface area contributed by atoms with Gasteiger partial charge in [0, 0.05) is 33.3 Å². The molecule has 64 heavy (non-hydrogen) atoms. The number of hydrogen-bond donors (Lipinski definition) is 0. The van der Waals surface area contributed by atoms with Gasteiger partial charge in [0.25, 0.3) is 0 Å². The normalized spacial score (nSPS) is 28.4. The molecule has 0 amide bonds. The summed E-state index contributed by atoms with van der Waals surface area (Å²) in [4.78, 5) is 6.06. The molecule has 5 atom stereocenters. The fraction of sp³-hybridized carbons (Fsp3) is 0.759. The van der Waals surface area contributed by atoms with Crippen molar-refractivity contribution in [3.63, 3.8) is 0 Å². The highest BCUT2D eigenvalue weighted by atomic mass is 32.4. The van der Waals surface area contributed by atoms with E-state index in [1.807, 2.05) is 0 Å². The van der Waals surface area contributed by atoms with Crippen LogP contribution in [-0.4, -0.2) is 21.9 Å². The fourth-order valence-electron chi connectivity index (χ4n) is 14.8. The summed E-state index contributed by atoms with van der Waals surface area (Å²) in [7, 11) is 6.17. The van der Waals surface area contributed by atoms with Crippen molar-refractivity contribution in [2.24, 2.45) is 58.2 Å². The van der Waals surface area contributed by atoms with Gasteiger partial charge in [-0.25, -0.2) is 0 Å². The molecular weight excluding hydrogens is 849 g/mol. The van der Waals surface area contributed by atoms with Crippen LogP contribution in [0.15, 0.2) is 36.4 Å². The summed E-state index contributed by atoms with van der Waals surface area (Å²) < 4.78 is 0. The predicted molar refractivity (Wildman–Crippen MR) is 295 cm³/mol. The lowest BCUT2D eigenvalue weighted by molar-refractivity contribution is 0.0268. The first kappa shape index (κ1) is 52.4. The summed E-state index contributed by atoms with van der Waals surface area (Å²) in [5, 5.41) is 0. The molecule has 2 heterocycles. The Morgan fingerprint density at radius 3 is 1.25 bits per heavy atom. The minimum Gasteiger partial charge on any atom is -0.334 e. The fourth-order valence-corrected chi connectivity index (χ4v) is 23.9. The van der Waals surface area contributed by atoms with Crippen LogP contribution in [0.3, 0.4) is 0 Å². The molecule has 6 rings (SSSR count). The molecule has 2 aliphatic heterocycles. The van der Waals surface area contributed by atoms with E-state index in [4.69, 9.17) is 0 Å². The molecule has 2 aliphatic carbocycles. The number of hydrogen-bond acceptors (Lipinski definition) is 0. The van der Waals surface area contributed by atoms with Crippen molar-refractivity contribution in [1.29, 1.82) is 0 Å². The van der Waals surface area contributed by atoms with Gasteiger partial charge in [0.2, 0.25) is 0 Å². The maximum atomic E-state index is 3.03. The van der Waals surface area contributed by atoms with E-state index in [-0.39, 0.29) is 21.9 Å². The Hall–Kier alpha value is -1.02. The van der Waals surface area contributed by atoms with Gasteiger partial charge in [-0.1, -0.05) is 154 Å². The molecule has 2 saturated heterocycles. The van der Waals surface area contributed by atoms with Crippen molar-refractivity contribution in [3.8, 4) is 0 Å². The molecule has 2 saturated carbocycles. The molecular formula is C58H94N2P4. The molecule has 2 aromatic rings. The lowest BCUT2D eigenvalue weighted by Crippen LogP contribution is -2.50. The van der Waals surface area contributed by atoms with Crippen LogP contribution in [0, 0.1) is 58.2 Å². The van der Waals surface area contributed by atoms with E-state index >= 15 is 0 Å². The summed E-state index contributed by atoms with van der Waals surface area (Å²) in [6, 6.07) is 14.6. The van der Waals surface area contributed by atoms with Crippen molar-refractivity contribution < 1.29 is 0 Å². The van der Waals surface area contributed by atoms with Gasteiger partial charge in [-0.3, -0.25) is 0 Å². The van der Waals surface area contributed by atoms with Gasteiger partial charge < -0.3 is 9.80 Å². The SMILES string of the molecule is CC(C)c1cccc(C(C)C)c1N1C(=PP=PP=C2N(c3c(C(C)C)cccc3C(C)C)C(C)(C)CC23[C@@H](C(C)C)CCC[C@@H]3C(C)C)C2(C[C@H](C(C)C)CC[C@H]2C(C)C)CC1(C)C. The second kappa shape index (κ2) is 20.1. The average Bonchev–Trinajstić information content (AvgIpc) is 3.55. The molecule has 1 unspecified atom stereocenters. The zero-order valence-corrected chi connectivity index (χ0v) is 48.3. The lowest BCUT2D eigenvalue weighted by atomic mass is 9.53. The van der Waals surface area contributed by atoms with Crippen LogP contribution >= 0.6 is 30.9 Å². The van der Waals surface area contributed by atoms with Crippen LogP contribution in [0.5, 0.6) is 0 Å². The molecule has 2 aromatic carbocycles. The smallest absolute Gasteiger partial charge is 0.0579 e. The maximum Gasteiger partial charge on any atom is 0.0579 e. The van der Waals surface area contributed by atoms with Crippen LogP contribution in [0.25, 0.3) is 0 Å². The molecule has 2 nitrogen and oxygen atoms in total. The van der Waals surface area contributed by atoms with Crippen LogP contribution in [0.4, 0.5) is 11.4 Å². The first-order valence-corrected chi connectivity index (χ1v) is 32.0. The second-order valence-electron chi connectivity index (χ2n) is 25.3. The summed E-state index contributed by atoms with van der Waals surface area (Å²) in [5.74, 6) is 7.46. The van der Waals surface area contributed by atoms with Crippen molar-refractivity contribution in [2.75, 3.05) is 9.80 Å². The minimum absolute atomic E-state index is 0.0238. The van der Waals surface area contributed by atoms with Crippen molar-refractivity contribution in [2.45, 2.75) is 225 Å². The minimum atomic E-state index is 0.0238. The monoisotopic (exact) mass is 943 g/mol. The quantitative estimate of drug-likeness (QED) is 0.196. The van der Waals surface area contributed by atoms with Gasteiger partial charge >= 0.3 is 0 Å². The molecule has 0 aromatic heterocycles. The van der Waals surface area contributed by atoms with Gasteiger partial charge in [0.1, 0.15) is 0 Å². The molecule has 4 fully saturated rings. The van der Waals surface area contributed by atoms with Crippen molar-refractivity contribution in [3.05, 3.63) is 58.7 Å². The standard InChI is InChI=1S/C58H94N2P4/c1-35(2)43-30-31-48(40(11)12)57(32-43)33-55(17,18)59(51-44(36(3)4)24-21-25-45(51)37(5)6)53(57)61-63-64-62-54-58(49(41(13)14)28-23-29-50(58)42(15)16)34-56(19,20)60(54)52-46(38(7)8)26-22-27-47(52)39(9)10/h21-22,24-27,35-43,48-50H,23,28-34H2,1-20H3/t43-,48+,49-,50-,57?/m1/s1. The summed E-state index contributed by atoms with van der Waals surface area (Å²) >= 11 is 0. The Kier molecular flexibility index (Phi) is 16.5. The highest BCUT2D eigenvalue weighted by Gasteiger charge is 2.63. The number of anilines is 2. The third-order valence-corrected chi connectivity index (χ3v) is 25.6. The van der Waals surface area contributed by atoms with E-state index < -0.39 is 0 Å². The zero-order chi connectivity index (χ0) is 47.4. The summed E-state index contributed by atoms with van der Waals surface area (Å²) in [6.07, 6.45) is 10.7. The molecule has 0 bridgehead atoms. The summed E-state index contributed by atoms with van der Waals surface area (Å²) in [5.41, 5.74) is 13.3. The largest absolute Gasteiger partial charge is 0.334 e. The van der Waals surface area contributed by atoms with Gasteiger partial charge in [0.15, 0.2) is 0 Å². The number of para-hydroxylation sites is 2. The lowest BCUT2D eigenvalue weighted by Gasteiger charge is -2.52. The third-order valence-electron chi connectivity index (χ3n) is 17.3. The third kappa shape index (κ3) is 9.50. The van der Waals surface area contributed by atoms with Crippen molar-refractivity contribution in [1.82, 2.24) is 0 Å². The molecule has 0 N–H and O–H groups in total. The van der Waals surface area contributed by atoms with E-state index in [0.29, 0.717) is 59.2 Å². The Morgan fingerprint density at radius 2 is 0.859 bits per heavy atom. The zero-order valence-electron chi connectivity index (χ0n) is 44.7. The first-order chi connectivity index (χ1) is 29.9. The van der Waals surface area contributed by atoms with Gasteiger partial charge in [-0.05, 0) is 197 Å². The number of benzene rings is 2. The molecule has 2 spiro atoms. The van der Waals surface area contributed by atoms with E-state index in [1.165, 1.54) is 89.4 Å². The number of rotatable bonds is 12. The maximum absolute atomic E-state index is 3.03. The van der Waals surface area contributed by atoms with E-state index in [1.54, 1.807) is 37.3 Å². The Morgan fingerprint density at radius 1 is 0.469 bits per heavy atom. The van der Waals surface area contributed by atoms with E-state index in [0.717, 1.165) is 11.8 Å². The van der Waals surface area contributed by atoms with E-state index in [2.05, 4.69) is 185 Å². The Balaban J connectivity index is 1.69. The highest BCUT2D eigenvalue weighted by molar-refractivity contribution is 8.40. The van der Waals surface area contributed by atoms with Crippen LogP contribution < -0.4 is 9.80 Å². The van der Waals surface area contributed by atoms with Crippen LogP contribution in [0.1, 0.15) is 236 Å². The molecule has 4 aliphatic rings. The van der Waals surface area contributed by atoms with Crippen LogP contribution in [-0.2, 0) is 0 Å². The van der Waals surface area contributed by atoms with Crippen LogP contribution in [0.2, 0.25) is 0 Å². The molecule has 356 valence electrons. The number of nitrogens with zero attached hydrogens (tertiary/aromatic N) is 2.